The fraction of sp³-hybridized carbons (Fsp3) is 0.375. The normalized spacial score (nSPS) is 10.8. The zero-order valence-electron chi connectivity index (χ0n) is 12.4. The van der Waals surface area contributed by atoms with Crippen LogP contribution in [0, 0.1) is 13.8 Å². The van der Waals surface area contributed by atoms with Gasteiger partial charge in [0.1, 0.15) is 5.76 Å². The standard InChI is InChI=1S/C16H20N2O2/c1-10(2)13-5-7-14(8-6-13)16(19)17-9-15-11(3)18-20-12(15)4/h5-8,10H,9H2,1-4H3,(H,17,19). The predicted molar refractivity (Wildman–Crippen MR) is 77.7 cm³/mol. The third kappa shape index (κ3) is 3.07. The maximum absolute atomic E-state index is 12.1. The van der Waals surface area contributed by atoms with E-state index in [0.29, 0.717) is 18.0 Å². The molecule has 0 spiro atoms. The van der Waals surface area contributed by atoms with E-state index in [1.54, 1.807) is 0 Å². The Balaban J connectivity index is 2.02. The average molecular weight is 272 g/mol. The van der Waals surface area contributed by atoms with Gasteiger partial charge >= 0.3 is 0 Å². The highest BCUT2D eigenvalue weighted by Gasteiger charge is 2.11. The van der Waals surface area contributed by atoms with Crippen LogP contribution in [0.15, 0.2) is 28.8 Å². The molecule has 1 amide bonds. The van der Waals surface area contributed by atoms with Crippen molar-refractivity contribution in [3.8, 4) is 0 Å². The smallest absolute Gasteiger partial charge is 0.251 e. The number of nitrogens with zero attached hydrogens (tertiary/aromatic N) is 1. The summed E-state index contributed by atoms with van der Waals surface area (Å²) in [7, 11) is 0. The van der Waals surface area contributed by atoms with Gasteiger partial charge in [0.15, 0.2) is 0 Å². The van der Waals surface area contributed by atoms with Crippen molar-refractivity contribution in [2.45, 2.75) is 40.2 Å². The van der Waals surface area contributed by atoms with E-state index in [2.05, 4.69) is 24.3 Å². The summed E-state index contributed by atoms with van der Waals surface area (Å²) >= 11 is 0. The maximum atomic E-state index is 12.1. The van der Waals surface area contributed by atoms with Crippen molar-refractivity contribution >= 4 is 5.91 Å². The Morgan fingerprint density at radius 3 is 2.40 bits per heavy atom. The molecule has 0 unspecified atom stereocenters. The van der Waals surface area contributed by atoms with E-state index in [0.717, 1.165) is 17.0 Å². The van der Waals surface area contributed by atoms with Crippen LogP contribution >= 0.6 is 0 Å². The molecule has 1 aromatic carbocycles. The van der Waals surface area contributed by atoms with Crippen LogP contribution in [-0.2, 0) is 6.54 Å². The zero-order valence-corrected chi connectivity index (χ0v) is 12.4. The summed E-state index contributed by atoms with van der Waals surface area (Å²) in [5.74, 6) is 1.13. The van der Waals surface area contributed by atoms with E-state index in [4.69, 9.17) is 4.52 Å². The molecule has 0 saturated heterocycles. The molecule has 2 aromatic rings. The minimum Gasteiger partial charge on any atom is -0.361 e. The SMILES string of the molecule is Cc1noc(C)c1CNC(=O)c1ccc(C(C)C)cc1. The van der Waals surface area contributed by atoms with Crippen molar-refractivity contribution < 1.29 is 9.32 Å². The van der Waals surface area contributed by atoms with Gasteiger partial charge in [-0.2, -0.15) is 0 Å². The molecule has 0 aliphatic heterocycles. The van der Waals surface area contributed by atoms with Gasteiger partial charge in [-0.25, -0.2) is 0 Å². The first-order chi connectivity index (χ1) is 9.49. The third-order valence-electron chi connectivity index (χ3n) is 3.45. The highest BCUT2D eigenvalue weighted by molar-refractivity contribution is 5.94. The summed E-state index contributed by atoms with van der Waals surface area (Å²) in [4.78, 5) is 12.1. The van der Waals surface area contributed by atoms with Gasteiger partial charge in [0.2, 0.25) is 0 Å². The van der Waals surface area contributed by atoms with Crippen LogP contribution in [0.4, 0.5) is 0 Å². The van der Waals surface area contributed by atoms with Crippen molar-refractivity contribution in [2.75, 3.05) is 0 Å². The molecule has 1 heterocycles. The highest BCUT2D eigenvalue weighted by atomic mass is 16.5. The van der Waals surface area contributed by atoms with Crippen LogP contribution in [0.5, 0.6) is 0 Å². The molecule has 0 radical (unpaired) electrons. The summed E-state index contributed by atoms with van der Waals surface area (Å²) in [5, 5.41) is 6.76. The first kappa shape index (κ1) is 14.3. The summed E-state index contributed by atoms with van der Waals surface area (Å²) in [6, 6.07) is 7.71. The average Bonchev–Trinajstić information content (AvgIpc) is 2.75. The van der Waals surface area contributed by atoms with Gasteiger partial charge < -0.3 is 9.84 Å². The number of aromatic nitrogens is 1. The molecule has 20 heavy (non-hydrogen) atoms. The number of carbonyl (C=O) groups is 1. The Kier molecular flexibility index (Phi) is 4.23. The molecule has 2 rings (SSSR count). The number of nitrogens with one attached hydrogen (secondary N) is 1. The lowest BCUT2D eigenvalue weighted by Crippen LogP contribution is -2.23. The second-order valence-corrected chi connectivity index (χ2v) is 5.26. The van der Waals surface area contributed by atoms with Gasteiger partial charge in [-0.05, 0) is 37.5 Å². The molecule has 0 aliphatic rings. The van der Waals surface area contributed by atoms with E-state index >= 15 is 0 Å². The van der Waals surface area contributed by atoms with Crippen molar-refractivity contribution in [3.63, 3.8) is 0 Å². The Bertz CT molecular complexity index is 578. The van der Waals surface area contributed by atoms with Crippen molar-refractivity contribution in [2.24, 2.45) is 0 Å². The molecule has 1 aromatic heterocycles. The number of carbonyl (C=O) groups excluding carboxylic acids is 1. The van der Waals surface area contributed by atoms with Crippen LogP contribution in [-0.4, -0.2) is 11.1 Å². The number of amides is 1. The molecule has 0 fully saturated rings. The Morgan fingerprint density at radius 2 is 1.90 bits per heavy atom. The lowest BCUT2D eigenvalue weighted by atomic mass is 10.0. The highest BCUT2D eigenvalue weighted by Crippen LogP contribution is 2.15. The number of aryl methyl sites for hydroxylation is 2. The molecule has 4 nitrogen and oxygen atoms in total. The maximum Gasteiger partial charge on any atom is 0.251 e. The second-order valence-electron chi connectivity index (χ2n) is 5.26. The zero-order chi connectivity index (χ0) is 14.7. The lowest BCUT2D eigenvalue weighted by Gasteiger charge is -2.08. The minimum absolute atomic E-state index is 0.0830. The Hall–Kier alpha value is -2.10. The number of hydrogen-bond acceptors (Lipinski definition) is 3. The van der Waals surface area contributed by atoms with Gasteiger partial charge in [0.25, 0.3) is 5.91 Å². The van der Waals surface area contributed by atoms with Crippen molar-refractivity contribution in [1.29, 1.82) is 0 Å². The number of hydrogen-bond donors (Lipinski definition) is 1. The largest absolute Gasteiger partial charge is 0.361 e. The van der Waals surface area contributed by atoms with E-state index in [9.17, 15) is 4.79 Å². The Morgan fingerprint density at radius 1 is 1.25 bits per heavy atom. The van der Waals surface area contributed by atoms with Crippen LogP contribution in [0.1, 0.15) is 52.7 Å². The Labute approximate surface area is 119 Å². The lowest BCUT2D eigenvalue weighted by molar-refractivity contribution is 0.0951. The van der Waals surface area contributed by atoms with Crippen LogP contribution in [0.2, 0.25) is 0 Å². The molecule has 1 N–H and O–H groups in total. The van der Waals surface area contributed by atoms with Gasteiger partial charge in [0, 0.05) is 17.7 Å². The summed E-state index contributed by atoms with van der Waals surface area (Å²) in [6.07, 6.45) is 0. The predicted octanol–water partition coefficient (Wildman–Crippen LogP) is 3.34. The molecule has 0 bridgehead atoms. The van der Waals surface area contributed by atoms with Crippen molar-refractivity contribution in [1.82, 2.24) is 10.5 Å². The fourth-order valence-electron chi connectivity index (χ4n) is 2.04. The molecule has 4 heteroatoms. The first-order valence-corrected chi connectivity index (χ1v) is 6.79. The minimum atomic E-state index is -0.0830. The number of rotatable bonds is 4. The molecular formula is C16H20N2O2. The molecule has 0 aliphatic carbocycles. The van der Waals surface area contributed by atoms with Crippen LogP contribution in [0.25, 0.3) is 0 Å². The molecule has 0 saturated carbocycles. The van der Waals surface area contributed by atoms with Gasteiger partial charge in [0.05, 0.1) is 5.69 Å². The third-order valence-corrected chi connectivity index (χ3v) is 3.45. The van der Waals surface area contributed by atoms with E-state index in [1.165, 1.54) is 5.56 Å². The molecule has 0 atom stereocenters. The van der Waals surface area contributed by atoms with E-state index in [1.807, 2.05) is 38.1 Å². The summed E-state index contributed by atoms with van der Waals surface area (Å²) in [5.41, 5.74) is 3.66. The van der Waals surface area contributed by atoms with Crippen LogP contribution in [0.3, 0.4) is 0 Å². The number of benzene rings is 1. The topological polar surface area (TPSA) is 55.1 Å². The van der Waals surface area contributed by atoms with E-state index < -0.39 is 0 Å². The monoisotopic (exact) mass is 272 g/mol. The second kappa shape index (κ2) is 5.90. The van der Waals surface area contributed by atoms with Gasteiger partial charge in [-0.1, -0.05) is 31.1 Å². The van der Waals surface area contributed by atoms with E-state index in [-0.39, 0.29) is 5.91 Å². The van der Waals surface area contributed by atoms with Gasteiger partial charge in [-0.15, -0.1) is 0 Å². The fourth-order valence-corrected chi connectivity index (χ4v) is 2.04. The summed E-state index contributed by atoms with van der Waals surface area (Å²) < 4.78 is 5.07. The molecule has 106 valence electrons. The summed E-state index contributed by atoms with van der Waals surface area (Å²) in [6.45, 7) is 8.42. The quantitative estimate of drug-likeness (QED) is 0.928. The first-order valence-electron chi connectivity index (χ1n) is 6.79. The van der Waals surface area contributed by atoms with Crippen molar-refractivity contribution in [3.05, 3.63) is 52.4 Å². The molecular weight excluding hydrogens is 252 g/mol. The van der Waals surface area contributed by atoms with Crippen LogP contribution < -0.4 is 5.32 Å². The van der Waals surface area contributed by atoms with Gasteiger partial charge in [-0.3, -0.25) is 4.79 Å².